The number of rotatable bonds is 5. The molecule has 1 aliphatic rings. The third-order valence-electron chi connectivity index (χ3n) is 4.51. The van der Waals surface area contributed by atoms with E-state index in [-0.39, 0.29) is 30.7 Å². The summed E-state index contributed by atoms with van der Waals surface area (Å²) in [4.78, 5) is 26.6. The van der Waals surface area contributed by atoms with Crippen LogP contribution >= 0.6 is 0 Å². The van der Waals surface area contributed by atoms with Crippen LogP contribution in [0.4, 0.5) is 5.82 Å². The zero-order valence-electron chi connectivity index (χ0n) is 14.7. The molecular weight excluding hydrogens is 322 g/mol. The summed E-state index contributed by atoms with van der Waals surface area (Å²) in [5, 5.41) is 6.84. The van der Waals surface area contributed by atoms with Gasteiger partial charge in [-0.1, -0.05) is 0 Å². The number of carbonyl (C=O) groups is 2. The van der Waals surface area contributed by atoms with Gasteiger partial charge in [-0.15, -0.1) is 0 Å². The van der Waals surface area contributed by atoms with E-state index in [1.165, 1.54) is 16.6 Å². The smallest absolute Gasteiger partial charge is 0.343 e. The Kier molecular flexibility index (Phi) is 4.89. The summed E-state index contributed by atoms with van der Waals surface area (Å²) in [6.07, 6.45) is 3.47. The second kappa shape index (κ2) is 7.10. The van der Waals surface area contributed by atoms with Crippen LogP contribution in [0.5, 0.6) is 0 Å². The first-order valence-electron chi connectivity index (χ1n) is 8.39. The highest BCUT2D eigenvalue weighted by Crippen LogP contribution is 2.25. The summed E-state index contributed by atoms with van der Waals surface area (Å²) in [5.74, 6) is -0.312. The van der Waals surface area contributed by atoms with Gasteiger partial charge in [-0.2, -0.15) is 5.10 Å². The Hall–Kier alpha value is -2.61. The van der Waals surface area contributed by atoms with Gasteiger partial charge in [0.1, 0.15) is 11.4 Å². The number of carbonyl (C=O) groups excluding carboxylic acids is 2. The van der Waals surface area contributed by atoms with E-state index in [1.807, 2.05) is 6.07 Å². The molecule has 1 aliphatic heterocycles. The Morgan fingerprint density at radius 1 is 1.40 bits per heavy atom. The number of aryl methyl sites for hydroxylation is 1. The molecule has 0 aromatic carbocycles. The van der Waals surface area contributed by atoms with Gasteiger partial charge in [0.05, 0.1) is 19.3 Å². The van der Waals surface area contributed by atoms with Crippen LogP contribution in [0.1, 0.15) is 35.9 Å². The highest BCUT2D eigenvalue weighted by molar-refractivity contribution is 6.00. The summed E-state index contributed by atoms with van der Waals surface area (Å²) < 4.78 is 8.68. The number of fused-ring (bicyclic) bond motifs is 1. The molecule has 3 rings (SSSR count). The summed E-state index contributed by atoms with van der Waals surface area (Å²) >= 11 is 0. The van der Waals surface area contributed by atoms with Crippen molar-refractivity contribution in [2.75, 3.05) is 25.0 Å². The van der Waals surface area contributed by atoms with Crippen LogP contribution in [-0.2, 0) is 23.1 Å². The number of hydrogen-bond donors (Lipinski definition) is 1. The largest absolute Gasteiger partial charge is 0.462 e. The van der Waals surface area contributed by atoms with Gasteiger partial charge in [0, 0.05) is 38.1 Å². The minimum Gasteiger partial charge on any atom is -0.462 e. The van der Waals surface area contributed by atoms with Gasteiger partial charge in [0.2, 0.25) is 5.91 Å². The maximum atomic E-state index is 12.5. The normalized spacial score (nSPS) is 17.2. The predicted molar refractivity (Wildman–Crippen MR) is 92.2 cm³/mol. The first-order valence-corrected chi connectivity index (χ1v) is 8.39. The fourth-order valence-electron chi connectivity index (χ4n) is 3.14. The van der Waals surface area contributed by atoms with Gasteiger partial charge in [-0.3, -0.25) is 14.4 Å². The minimum absolute atomic E-state index is 0.158. The summed E-state index contributed by atoms with van der Waals surface area (Å²) in [6, 6.07) is 4.26. The average Bonchev–Trinajstić information content (AvgIpc) is 3.18. The molecule has 134 valence electrons. The molecule has 0 bridgehead atoms. The lowest BCUT2D eigenvalue weighted by molar-refractivity contribution is -0.118. The van der Waals surface area contributed by atoms with E-state index in [0.717, 1.165) is 13.1 Å². The SMILES string of the molecule is CCOC(=O)c1cnn(C)c1NC(=O)CN1CCn2cccc2[C@@H]1C. The molecule has 2 aromatic rings. The van der Waals surface area contributed by atoms with Crippen LogP contribution in [-0.4, -0.2) is 50.8 Å². The number of amides is 1. The van der Waals surface area contributed by atoms with Gasteiger partial charge in [0.25, 0.3) is 0 Å². The Bertz CT molecular complexity index is 779. The molecule has 1 atom stereocenters. The van der Waals surface area contributed by atoms with Crippen LogP contribution in [0, 0.1) is 0 Å². The van der Waals surface area contributed by atoms with Crippen molar-refractivity contribution in [3.8, 4) is 0 Å². The van der Waals surface area contributed by atoms with E-state index < -0.39 is 5.97 Å². The topological polar surface area (TPSA) is 81.4 Å². The summed E-state index contributed by atoms with van der Waals surface area (Å²) in [7, 11) is 1.68. The molecule has 8 heteroatoms. The molecule has 8 nitrogen and oxygen atoms in total. The number of anilines is 1. The second-order valence-electron chi connectivity index (χ2n) is 6.07. The van der Waals surface area contributed by atoms with Crippen molar-refractivity contribution < 1.29 is 14.3 Å². The molecule has 2 aromatic heterocycles. The van der Waals surface area contributed by atoms with E-state index >= 15 is 0 Å². The molecular formula is C17H23N5O3. The molecule has 0 unspecified atom stereocenters. The molecule has 25 heavy (non-hydrogen) atoms. The van der Waals surface area contributed by atoms with Crippen LogP contribution in [0.15, 0.2) is 24.5 Å². The maximum absolute atomic E-state index is 12.5. The quantitative estimate of drug-likeness (QED) is 0.829. The fourth-order valence-corrected chi connectivity index (χ4v) is 3.14. The van der Waals surface area contributed by atoms with Crippen LogP contribution < -0.4 is 5.32 Å². The van der Waals surface area contributed by atoms with Crippen molar-refractivity contribution in [3.63, 3.8) is 0 Å². The van der Waals surface area contributed by atoms with Crippen LogP contribution in [0.3, 0.4) is 0 Å². The van der Waals surface area contributed by atoms with Crippen molar-refractivity contribution in [2.45, 2.75) is 26.4 Å². The lowest BCUT2D eigenvalue weighted by atomic mass is 10.1. The maximum Gasteiger partial charge on any atom is 0.343 e. The predicted octanol–water partition coefficient (Wildman–Crippen LogP) is 1.41. The second-order valence-corrected chi connectivity index (χ2v) is 6.07. The number of nitrogens with zero attached hydrogens (tertiary/aromatic N) is 4. The van der Waals surface area contributed by atoms with Crippen molar-refractivity contribution in [1.29, 1.82) is 0 Å². The van der Waals surface area contributed by atoms with Crippen LogP contribution in [0.2, 0.25) is 0 Å². The molecule has 0 saturated heterocycles. The Morgan fingerprint density at radius 3 is 2.96 bits per heavy atom. The van der Waals surface area contributed by atoms with Gasteiger partial charge in [-0.25, -0.2) is 4.79 Å². The third kappa shape index (κ3) is 3.43. The summed E-state index contributed by atoms with van der Waals surface area (Å²) in [6.45, 7) is 6.00. The summed E-state index contributed by atoms with van der Waals surface area (Å²) in [5.41, 5.74) is 1.46. The zero-order chi connectivity index (χ0) is 18.0. The Labute approximate surface area is 146 Å². The van der Waals surface area contributed by atoms with Crippen LogP contribution in [0.25, 0.3) is 0 Å². The van der Waals surface area contributed by atoms with E-state index in [1.54, 1.807) is 14.0 Å². The van der Waals surface area contributed by atoms with E-state index in [9.17, 15) is 9.59 Å². The zero-order valence-corrected chi connectivity index (χ0v) is 14.7. The highest BCUT2D eigenvalue weighted by Gasteiger charge is 2.26. The molecule has 0 fully saturated rings. The standard InChI is InChI=1S/C17H23N5O3/c1-4-25-17(24)13-10-18-20(3)16(13)19-15(23)11-22-9-8-21-7-5-6-14(21)12(22)2/h5-7,10,12H,4,8-9,11H2,1-3H3,(H,19,23)/t12-/m0/s1. The molecule has 0 spiro atoms. The van der Waals surface area contributed by atoms with Gasteiger partial charge >= 0.3 is 5.97 Å². The molecule has 1 N–H and O–H groups in total. The first kappa shape index (κ1) is 17.2. The third-order valence-corrected chi connectivity index (χ3v) is 4.51. The Balaban J connectivity index is 1.68. The lowest BCUT2D eigenvalue weighted by Gasteiger charge is -2.34. The van der Waals surface area contributed by atoms with E-state index in [4.69, 9.17) is 4.74 Å². The van der Waals surface area contributed by atoms with Crippen molar-refractivity contribution >= 4 is 17.7 Å². The molecule has 3 heterocycles. The molecule has 0 radical (unpaired) electrons. The number of nitrogens with one attached hydrogen (secondary N) is 1. The number of ether oxygens (including phenoxy) is 1. The average molecular weight is 345 g/mol. The van der Waals surface area contributed by atoms with E-state index in [0.29, 0.717) is 5.82 Å². The highest BCUT2D eigenvalue weighted by atomic mass is 16.5. The molecule has 0 aliphatic carbocycles. The van der Waals surface area contributed by atoms with E-state index in [2.05, 4.69) is 39.1 Å². The minimum atomic E-state index is -0.491. The number of esters is 1. The van der Waals surface area contributed by atoms with Crippen molar-refractivity contribution in [2.24, 2.45) is 7.05 Å². The van der Waals surface area contributed by atoms with Crippen molar-refractivity contribution in [1.82, 2.24) is 19.2 Å². The van der Waals surface area contributed by atoms with Gasteiger partial charge in [0.15, 0.2) is 0 Å². The monoisotopic (exact) mass is 345 g/mol. The lowest BCUT2D eigenvalue weighted by Crippen LogP contribution is -2.41. The fraction of sp³-hybridized carbons (Fsp3) is 0.471. The number of hydrogen-bond acceptors (Lipinski definition) is 5. The first-order chi connectivity index (χ1) is 12.0. The molecule has 1 amide bonds. The number of aromatic nitrogens is 3. The Morgan fingerprint density at radius 2 is 2.20 bits per heavy atom. The van der Waals surface area contributed by atoms with Crippen molar-refractivity contribution in [3.05, 3.63) is 35.8 Å². The van der Waals surface area contributed by atoms with Gasteiger partial charge in [-0.05, 0) is 26.0 Å². The van der Waals surface area contributed by atoms with Gasteiger partial charge < -0.3 is 14.6 Å². The molecule has 0 saturated carbocycles.